The Hall–Kier alpha value is -4.43. The molecule has 7 aromatic rings. The van der Waals surface area contributed by atoms with Crippen LogP contribution in [0.2, 0.25) is 0 Å². The lowest BCUT2D eigenvalue weighted by Gasteiger charge is -2.36. The van der Waals surface area contributed by atoms with Crippen LogP contribution in [0.4, 0.5) is 0 Å². The number of benzene rings is 3. The number of aliphatic carboxylic acids is 1. The summed E-state index contributed by atoms with van der Waals surface area (Å²) in [6, 6.07) is 33.4. The van der Waals surface area contributed by atoms with E-state index in [1.165, 1.54) is 26.4 Å². The number of rotatable bonds is 6. The molecule has 8 rings (SSSR count). The van der Waals surface area contributed by atoms with Crippen LogP contribution in [0.5, 0.6) is 0 Å². The molecule has 1 fully saturated rings. The standard InChI is InChI=1S/C23H19NO3S.C12H8OS/c25-23(26)19-13-24(14-19)12-15-3-5-16(6-4-15)21-11-18-10-17(7-8-20(18)27-21)22-2-1-9-28-22;1-2-12(14-7-1)10-3-4-11-9(8-10)5-6-13-11/h1-11,19H,12-14H2,(H,25,26);1-8H. The van der Waals surface area contributed by atoms with Crippen LogP contribution in [0, 0.1) is 5.92 Å². The van der Waals surface area contributed by atoms with E-state index in [4.69, 9.17) is 13.9 Å². The van der Waals surface area contributed by atoms with Gasteiger partial charge in [0.1, 0.15) is 16.9 Å². The molecule has 42 heavy (non-hydrogen) atoms. The minimum absolute atomic E-state index is 0.214. The molecule has 4 aromatic heterocycles. The number of hydrogen-bond donors (Lipinski definition) is 1. The highest BCUT2D eigenvalue weighted by molar-refractivity contribution is 7.13. The Kier molecular flexibility index (Phi) is 7.22. The lowest BCUT2D eigenvalue weighted by Crippen LogP contribution is -2.49. The number of carboxylic acids is 1. The topological polar surface area (TPSA) is 66.8 Å². The van der Waals surface area contributed by atoms with E-state index >= 15 is 0 Å². The Morgan fingerprint density at radius 3 is 2.05 bits per heavy atom. The van der Waals surface area contributed by atoms with Crippen LogP contribution in [0.1, 0.15) is 5.56 Å². The number of furan rings is 2. The third kappa shape index (κ3) is 5.54. The molecule has 0 radical (unpaired) electrons. The molecule has 0 atom stereocenters. The monoisotopic (exact) mass is 589 g/mol. The molecule has 1 aliphatic rings. The molecule has 7 heteroatoms. The van der Waals surface area contributed by atoms with Crippen LogP contribution in [0.15, 0.2) is 123 Å². The van der Waals surface area contributed by atoms with Gasteiger partial charge in [-0.1, -0.05) is 36.4 Å². The van der Waals surface area contributed by atoms with E-state index in [9.17, 15) is 4.79 Å². The van der Waals surface area contributed by atoms with Crippen molar-refractivity contribution in [2.45, 2.75) is 6.54 Å². The van der Waals surface area contributed by atoms with Gasteiger partial charge < -0.3 is 13.9 Å². The van der Waals surface area contributed by atoms with E-state index in [2.05, 4.69) is 94.5 Å². The first-order valence-electron chi connectivity index (χ1n) is 13.7. The number of thiophene rings is 2. The Bertz CT molecular complexity index is 1940. The molecular formula is C35H27NO4S2. The van der Waals surface area contributed by atoms with Gasteiger partial charge in [-0.15, -0.1) is 22.7 Å². The highest BCUT2D eigenvalue weighted by Gasteiger charge is 2.32. The van der Waals surface area contributed by atoms with Gasteiger partial charge >= 0.3 is 5.97 Å². The lowest BCUT2D eigenvalue weighted by atomic mass is 9.99. The first kappa shape index (κ1) is 26.5. The average molecular weight is 590 g/mol. The molecule has 0 aliphatic carbocycles. The summed E-state index contributed by atoms with van der Waals surface area (Å²) < 4.78 is 11.3. The Morgan fingerprint density at radius 1 is 0.762 bits per heavy atom. The molecule has 0 spiro atoms. The molecule has 5 heterocycles. The van der Waals surface area contributed by atoms with Crippen molar-refractivity contribution in [1.29, 1.82) is 0 Å². The van der Waals surface area contributed by atoms with Crippen molar-refractivity contribution in [3.8, 4) is 32.2 Å². The van der Waals surface area contributed by atoms with E-state index in [0.29, 0.717) is 13.1 Å². The van der Waals surface area contributed by atoms with Crippen molar-refractivity contribution in [3.05, 3.63) is 120 Å². The first-order chi connectivity index (χ1) is 20.6. The summed E-state index contributed by atoms with van der Waals surface area (Å²) in [5, 5.41) is 15.4. The van der Waals surface area contributed by atoms with Crippen LogP contribution in [0.3, 0.4) is 0 Å². The summed E-state index contributed by atoms with van der Waals surface area (Å²) in [4.78, 5) is 15.6. The maximum atomic E-state index is 10.9. The molecule has 0 amide bonds. The van der Waals surface area contributed by atoms with Crippen LogP contribution in [-0.4, -0.2) is 29.1 Å². The second-order valence-electron chi connectivity index (χ2n) is 10.4. The Labute approximate surface area is 250 Å². The maximum absolute atomic E-state index is 10.9. The number of carboxylic acid groups (broad SMARTS) is 1. The molecular weight excluding hydrogens is 563 g/mol. The van der Waals surface area contributed by atoms with Gasteiger partial charge in [-0.2, -0.15) is 0 Å². The number of hydrogen-bond acceptors (Lipinski definition) is 6. The fourth-order valence-corrected chi connectivity index (χ4v) is 6.68. The second kappa shape index (κ2) is 11.4. The zero-order valence-corrected chi connectivity index (χ0v) is 24.2. The highest BCUT2D eigenvalue weighted by atomic mass is 32.1. The minimum Gasteiger partial charge on any atom is -0.481 e. The molecule has 0 saturated carbocycles. The largest absolute Gasteiger partial charge is 0.481 e. The zero-order chi connectivity index (χ0) is 28.5. The number of nitrogens with zero attached hydrogens (tertiary/aromatic N) is 1. The summed E-state index contributed by atoms with van der Waals surface area (Å²) in [5.41, 5.74) is 6.53. The lowest BCUT2D eigenvalue weighted by molar-refractivity contribution is -0.147. The quantitative estimate of drug-likeness (QED) is 0.209. The van der Waals surface area contributed by atoms with Crippen LogP contribution < -0.4 is 0 Å². The van der Waals surface area contributed by atoms with E-state index in [1.54, 1.807) is 28.9 Å². The normalized spacial score (nSPS) is 13.6. The summed E-state index contributed by atoms with van der Waals surface area (Å²) in [6.07, 6.45) is 1.73. The SMILES string of the molecule is O=C(O)C1CN(Cc2ccc(-c3cc4cc(-c5cccs5)ccc4o3)cc2)C1.c1csc(-c2ccc3occc3c2)c1. The number of fused-ring (bicyclic) bond motifs is 2. The fraction of sp³-hybridized carbons (Fsp3) is 0.114. The Morgan fingerprint density at radius 2 is 1.40 bits per heavy atom. The second-order valence-corrected chi connectivity index (χ2v) is 12.3. The summed E-state index contributed by atoms with van der Waals surface area (Å²) in [7, 11) is 0. The van der Waals surface area contributed by atoms with Crippen LogP contribution >= 0.6 is 22.7 Å². The van der Waals surface area contributed by atoms with Gasteiger partial charge in [0.25, 0.3) is 0 Å². The highest BCUT2D eigenvalue weighted by Crippen LogP contribution is 2.33. The third-order valence-corrected chi connectivity index (χ3v) is 9.37. The van der Waals surface area contributed by atoms with Gasteiger partial charge in [-0.3, -0.25) is 9.69 Å². The Balaban J connectivity index is 0.000000171. The first-order valence-corrected chi connectivity index (χ1v) is 15.5. The van der Waals surface area contributed by atoms with Gasteiger partial charge in [0.05, 0.1) is 12.2 Å². The molecule has 0 unspecified atom stereocenters. The minimum atomic E-state index is -0.696. The molecule has 1 aliphatic heterocycles. The molecule has 1 N–H and O–H groups in total. The van der Waals surface area contributed by atoms with Gasteiger partial charge in [-0.05, 0) is 88.1 Å². The predicted octanol–water partition coefficient (Wildman–Crippen LogP) is 9.51. The average Bonchev–Trinajstić information content (AvgIpc) is 3.80. The molecule has 3 aromatic carbocycles. The maximum Gasteiger partial charge on any atom is 0.309 e. The van der Waals surface area contributed by atoms with Gasteiger partial charge in [-0.25, -0.2) is 0 Å². The van der Waals surface area contributed by atoms with E-state index in [1.807, 2.05) is 18.2 Å². The van der Waals surface area contributed by atoms with Crippen molar-refractivity contribution in [3.63, 3.8) is 0 Å². The molecule has 208 valence electrons. The summed E-state index contributed by atoms with van der Waals surface area (Å²) >= 11 is 3.49. The van der Waals surface area contributed by atoms with Gasteiger partial charge in [0, 0.05) is 45.7 Å². The van der Waals surface area contributed by atoms with Gasteiger partial charge in [0.2, 0.25) is 0 Å². The smallest absolute Gasteiger partial charge is 0.309 e. The fourth-order valence-electron chi connectivity index (χ4n) is 5.23. The van der Waals surface area contributed by atoms with Crippen molar-refractivity contribution in [1.82, 2.24) is 4.90 Å². The molecule has 1 saturated heterocycles. The zero-order valence-electron chi connectivity index (χ0n) is 22.6. The number of likely N-dealkylation sites (tertiary alicyclic amines) is 1. The third-order valence-electron chi connectivity index (χ3n) is 7.53. The van der Waals surface area contributed by atoms with Crippen LogP contribution in [-0.2, 0) is 11.3 Å². The van der Waals surface area contributed by atoms with E-state index in [0.717, 1.165) is 39.8 Å². The van der Waals surface area contributed by atoms with Crippen molar-refractivity contribution < 1.29 is 18.7 Å². The van der Waals surface area contributed by atoms with E-state index < -0.39 is 5.97 Å². The number of carbonyl (C=O) groups is 1. The molecule has 0 bridgehead atoms. The summed E-state index contributed by atoms with van der Waals surface area (Å²) in [5.74, 6) is -0.0487. The van der Waals surface area contributed by atoms with Gasteiger partial charge in [0.15, 0.2) is 0 Å². The summed E-state index contributed by atoms with van der Waals surface area (Å²) in [6.45, 7) is 2.05. The van der Waals surface area contributed by atoms with Crippen molar-refractivity contribution >= 4 is 50.6 Å². The molecule has 5 nitrogen and oxygen atoms in total. The van der Waals surface area contributed by atoms with Crippen molar-refractivity contribution in [2.24, 2.45) is 5.92 Å². The van der Waals surface area contributed by atoms with Crippen LogP contribution in [0.25, 0.3) is 54.1 Å². The predicted molar refractivity (Wildman–Crippen MR) is 171 cm³/mol. The van der Waals surface area contributed by atoms with Crippen molar-refractivity contribution in [2.75, 3.05) is 13.1 Å². The van der Waals surface area contributed by atoms with E-state index in [-0.39, 0.29) is 5.92 Å².